The van der Waals surface area contributed by atoms with Crippen LogP contribution in [0.5, 0.6) is 0 Å². The number of carbonyl (C=O) groups excluding carboxylic acids is 1. The molecule has 0 aromatic heterocycles. The molecule has 0 aliphatic rings. The maximum absolute atomic E-state index is 11.4. The van der Waals surface area contributed by atoms with Crippen LogP contribution in [0.1, 0.15) is 35.5 Å². The second kappa shape index (κ2) is 20.3. The molecule has 148 valence electrons. The molecule has 7 heteroatoms. The van der Waals surface area contributed by atoms with Gasteiger partial charge in [0.15, 0.2) is 0 Å². The Morgan fingerprint density at radius 1 is 0.833 bits per heavy atom. The lowest BCUT2D eigenvalue weighted by Crippen LogP contribution is -2.25. The lowest BCUT2D eigenvalue weighted by molar-refractivity contribution is -0.121. The topological polar surface area (TPSA) is 78.0 Å². The fourth-order valence-electron chi connectivity index (χ4n) is 1.89. The molecule has 0 fully saturated rings. The Bertz CT molecular complexity index is 278. The van der Waals surface area contributed by atoms with Crippen LogP contribution in [0.2, 0.25) is 0 Å². The van der Waals surface area contributed by atoms with E-state index in [1.807, 2.05) is 0 Å². The molecule has 0 saturated carbocycles. The Morgan fingerprint density at radius 3 is 2.00 bits per heavy atom. The van der Waals surface area contributed by atoms with E-state index in [0.717, 1.165) is 39.0 Å². The zero-order valence-corrected chi connectivity index (χ0v) is 15.4. The van der Waals surface area contributed by atoms with E-state index in [9.17, 15) is 4.79 Å². The van der Waals surface area contributed by atoms with Crippen LogP contribution in [0.25, 0.3) is 0 Å². The minimum atomic E-state index is 0. The average molecular weight is 353 g/mol. The van der Waals surface area contributed by atoms with Gasteiger partial charge in [-0.1, -0.05) is 6.92 Å². The third kappa shape index (κ3) is 19.3. The first kappa shape index (κ1) is 23.3. The summed E-state index contributed by atoms with van der Waals surface area (Å²) >= 11 is 0. The molecule has 1 amide bonds. The van der Waals surface area contributed by atoms with Gasteiger partial charge in [-0.25, -0.2) is 0 Å². The van der Waals surface area contributed by atoms with Gasteiger partial charge in [-0.2, -0.15) is 0 Å². The first-order chi connectivity index (χ1) is 11.8. The molecule has 2 N–H and O–H groups in total. The number of hydrogen-bond donors (Lipinski definition) is 2. The molecule has 24 heavy (non-hydrogen) atoms. The van der Waals surface area contributed by atoms with Crippen molar-refractivity contribution in [3.63, 3.8) is 0 Å². The first-order valence-corrected chi connectivity index (χ1v) is 9.00. The van der Waals surface area contributed by atoms with Gasteiger partial charge in [-0.3, -0.25) is 4.79 Å². The first-order valence-electron chi connectivity index (χ1n) is 9.00. The summed E-state index contributed by atoms with van der Waals surface area (Å²) in [5, 5.41) is 6.11. The molecule has 0 unspecified atom stereocenters. The molecule has 0 bridgehead atoms. The average Bonchev–Trinajstić information content (AvgIpc) is 2.58. The maximum Gasteiger partial charge on any atom is 0.220 e. The van der Waals surface area contributed by atoms with Crippen molar-refractivity contribution in [1.82, 2.24) is 10.6 Å². The van der Waals surface area contributed by atoms with E-state index in [1.165, 1.54) is 0 Å². The Labute approximate surface area is 149 Å². The number of rotatable bonds is 19. The number of methoxy groups -OCH3 is 1. The summed E-state index contributed by atoms with van der Waals surface area (Å²) in [6, 6.07) is 0. The molecular formula is C17H40N2O5. The third-order valence-corrected chi connectivity index (χ3v) is 3.18. The van der Waals surface area contributed by atoms with Crippen molar-refractivity contribution in [2.24, 2.45) is 0 Å². The highest BCUT2D eigenvalue weighted by Gasteiger charge is 1.99. The molecule has 0 rings (SSSR count). The van der Waals surface area contributed by atoms with E-state index in [-0.39, 0.29) is 8.76 Å². The Hall–Kier alpha value is -0.730. The van der Waals surface area contributed by atoms with E-state index in [1.54, 1.807) is 7.11 Å². The van der Waals surface area contributed by atoms with Gasteiger partial charge in [-0.05, 0) is 32.4 Å². The standard InChI is InChI=1S/C17H36N2O5.2H2/c1-3-18-8-5-11-22-13-15-24-16-14-23-12-6-9-19-17(20)7-4-10-21-2;;/h18H,3-16H2,1-2H3,(H,19,20);2*1H. The Balaban J connectivity index is -0.00000264. The molecule has 0 aromatic rings. The molecule has 0 aliphatic heterocycles. The number of amides is 1. The molecule has 0 aliphatic carbocycles. The zero-order valence-electron chi connectivity index (χ0n) is 15.4. The smallest absolute Gasteiger partial charge is 0.220 e. The van der Waals surface area contributed by atoms with Gasteiger partial charge in [0.25, 0.3) is 0 Å². The van der Waals surface area contributed by atoms with E-state index in [0.29, 0.717) is 52.6 Å². The van der Waals surface area contributed by atoms with Crippen molar-refractivity contribution in [1.29, 1.82) is 0 Å². The quantitative estimate of drug-likeness (QED) is 0.343. The van der Waals surface area contributed by atoms with Gasteiger partial charge in [0.05, 0.1) is 26.4 Å². The van der Waals surface area contributed by atoms with Gasteiger partial charge in [0.1, 0.15) is 0 Å². The van der Waals surface area contributed by atoms with Gasteiger partial charge in [0, 0.05) is 42.7 Å². The summed E-state index contributed by atoms with van der Waals surface area (Å²) in [4.78, 5) is 11.4. The molecule has 0 atom stereocenters. The predicted molar refractivity (Wildman–Crippen MR) is 98.6 cm³/mol. The largest absolute Gasteiger partial charge is 0.385 e. The van der Waals surface area contributed by atoms with Crippen molar-refractivity contribution >= 4 is 5.91 Å². The fraction of sp³-hybridized carbons (Fsp3) is 0.941. The highest BCUT2D eigenvalue weighted by Crippen LogP contribution is 1.90. The van der Waals surface area contributed by atoms with Crippen molar-refractivity contribution < 1.29 is 26.6 Å². The van der Waals surface area contributed by atoms with Crippen LogP contribution in [0.3, 0.4) is 0 Å². The molecular weight excluding hydrogens is 312 g/mol. The van der Waals surface area contributed by atoms with E-state index in [4.69, 9.17) is 18.9 Å². The normalized spacial score (nSPS) is 10.9. The maximum atomic E-state index is 11.4. The fourth-order valence-corrected chi connectivity index (χ4v) is 1.89. The molecule has 0 aromatic carbocycles. The van der Waals surface area contributed by atoms with Crippen LogP contribution >= 0.6 is 0 Å². The zero-order chi connectivity index (χ0) is 17.7. The summed E-state index contributed by atoms with van der Waals surface area (Å²) in [5.74, 6) is 0.0702. The SMILES string of the molecule is CCNCCCOCCOCCOCCCNC(=O)CCCOC.[HH].[HH]. The van der Waals surface area contributed by atoms with Crippen molar-refractivity contribution in [3.8, 4) is 0 Å². The van der Waals surface area contributed by atoms with Gasteiger partial charge < -0.3 is 29.6 Å². The van der Waals surface area contributed by atoms with Gasteiger partial charge in [0.2, 0.25) is 5.91 Å². The number of ether oxygens (including phenoxy) is 4. The van der Waals surface area contributed by atoms with Crippen LogP contribution in [0.4, 0.5) is 0 Å². The van der Waals surface area contributed by atoms with Crippen LogP contribution in [0.15, 0.2) is 0 Å². The molecule has 0 saturated heterocycles. The molecule has 0 heterocycles. The second-order valence-corrected chi connectivity index (χ2v) is 5.34. The lowest BCUT2D eigenvalue weighted by atomic mass is 10.3. The molecule has 7 nitrogen and oxygen atoms in total. The molecule has 0 radical (unpaired) electrons. The number of nitrogens with one attached hydrogen (secondary N) is 2. The van der Waals surface area contributed by atoms with Crippen LogP contribution in [-0.4, -0.2) is 78.9 Å². The third-order valence-electron chi connectivity index (χ3n) is 3.18. The Morgan fingerprint density at radius 2 is 1.42 bits per heavy atom. The van der Waals surface area contributed by atoms with Crippen molar-refractivity contribution in [3.05, 3.63) is 0 Å². The number of carbonyl (C=O) groups is 1. The van der Waals surface area contributed by atoms with Crippen LogP contribution in [-0.2, 0) is 23.7 Å². The van der Waals surface area contributed by atoms with Gasteiger partial charge >= 0.3 is 0 Å². The van der Waals surface area contributed by atoms with E-state index in [2.05, 4.69) is 17.6 Å². The summed E-state index contributed by atoms with van der Waals surface area (Å²) in [6.45, 7) is 9.13. The lowest BCUT2D eigenvalue weighted by Gasteiger charge is -2.08. The highest BCUT2D eigenvalue weighted by atomic mass is 16.5. The summed E-state index contributed by atoms with van der Waals surface area (Å²) in [7, 11) is 1.64. The highest BCUT2D eigenvalue weighted by molar-refractivity contribution is 5.75. The summed E-state index contributed by atoms with van der Waals surface area (Å²) in [5.41, 5.74) is 0. The number of hydrogen-bond acceptors (Lipinski definition) is 6. The predicted octanol–water partition coefficient (Wildman–Crippen LogP) is 1.46. The van der Waals surface area contributed by atoms with Crippen molar-refractivity contribution in [2.45, 2.75) is 32.6 Å². The van der Waals surface area contributed by atoms with Crippen LogP contribution < -0.4 is 10.6 Å². The summed E-state index contributed by atoms with van der Waals surface area (Å²) < 4.78 is 21.2. The minimum Gasteiger partial charge on any atom is -0.385 e. The second-order valence-electron chi connectivity index (χ2n) is 5.34. The van der Waals surface area contributed by atoms with E-state index >= 15 is 0 Å². The Kier molecular flexibility index (Phi) is 19.7. The van der Waals surface area contributed by atoms with Crippen LogP contribution in [0, 0.1) is 0 Å². The summed E-state index contributed by atoms with van der Waals surface area (Å²) in [6.07, 6.45) is 3.11. The van der Waals surface area contributed by atoms with Crippen molar-refractivity contribution in [2.75, 3.05) is 73.0 Å². The van der Waals surface area contributed by atoms with E-state index < -0.39 is 0 Å². The minimum absolute atomic E-state index is 0. The molecule has 0 spiro atoms. The monoisotopic (exact) mass is 352 g/mol. The van der Waals surface area contributed by atoms with Gasteiger partial charge in [-0.15, -0.1) is 0 Å².